The van der Waals surface area contributed by atoms with E-state index in [9.17, 15) is 4.79 Å². The van der Waals surface area contributed by atoms with Crippen molar-refractivity contribution < 1.29 is 4.42 Å². The Kier molecular flexibility index (Phi) is 2.73. The van der Waals surface area contributed by atoms with E-state index >= 15 is 0 Å². The van der Waals surface area contributed by atoms with E-state index in [0.717, 1.165) is 18.5 Å². The van der Waals surface area contributed by atoms with Crippen LogP contribution in [0.2, 0.25) is 0 Å². The quantitative estimate of drug-likeness (QED) is 0.830. The predicted octanol–water partition coefficient (Wildman–Crippen LogP) is 1.81. The molecule has 1 aliphatic rings. The summed E-state index contributed by atoms with van der Waals surface area (Å²) in [5.74, 6) is -0.382. The molecule has 4 nitrogen and oxygen atoms in total. The number of fused-ring (bicyclic) bond motifs is 1. The maximum atomic E-state index is 11.1. The first-order valence-corrected chi connectivity index (χ1v) is 6.16. The molecule has 0 bridgehead atoms. The lowest BCUT2D eigenvalue weighted by Crippen LogP contribution is -2.35. The molecule has 2 N–H and O–H groups in total. The number of H-pyrrole nitrogens is 1. The predicted molar refractivity (Wildman–Crippen MR) is 66.2 cm³/mol. The molecule has 1 aliphatic heterocycles. The number of rotatable bonds is 2. The van der Waals surface area contributed by atoms with E-state index in [0.29, 0.717) is 11.6 Å². The number of hydrogen-bond donors (Lipinski definition) is 2. The van der Waals surface area contributed by atoms with Gasteiger partial charge >= 0.3 is 5.76 Å². The fourth-order valence-corrected chi connectivity index (χ4v) is 2.50. The van der Waals surface area contributed by atoms with Gasteiger partial charge in [-0.25, -0.2) is 4.79 Å². The van der Waals surface area contributed by atoms with Crippen LogP contribution in [0.5, 0.6) is 0 Å². The molecule has 1 saturated heterocycles. The third kappa shape index (κ3) is 2.26. The molecule has 1 fully saturated rings. The number of benzene rings is 1. The summed E-state index contributed by atoms with van der Waals surface area (Å²) >= 11 is 0. The average Bonchev–Trinajstić information content (AvgIpc) is 2.70. The Morgan fingerprint density at radius 3 is 3.12 bits per heavy atom. The van der Waals surface area contributed by atoms with E-state index in [-0.39, 0.29) is 5.76 Å². The second-order valence-corrected chi connectivity index (χ2v) is 4.70. The van der Waals surface area contributed by atoms with Gasteiger partial charge in [0.2, 0.25) is 0 Å². The van der Waals surface area contributed by atoms with Crippen LogP contribution in [0.3, 0.4) is 0 Å². The molecule has 1 unspecified atom stereocenters. The highest BCUT2D eigenvalue weighted by atomic mass is 16.4. The number of aromatic nitrogens is 1. The largest absolute Gasteiger partial charge is 0.417 e. The minimum atomic E-state index is -0.382. The Labute approximate surface area is 99.0 Å². The molecule has 0 spiro atoms. The lowest BCUT2D eigenvalue weighted by atomic mass is 9.98. The number of oxazole rings is 1. The first-order valence-electron chi connectivity index (χ1n) is 6.16. The van der Waals surface area contributed by atoms with Crippen LogP contribution in [0.1, 0.15) is 24.8 Å². The summed E-state index contributed by atoms with van der Waals surface area (Å²) < 4.78 is 5.07. The smallest absolute Gasteiger partial charge is 0.408 e. The lowest BCUT2D eigenvalue weighted by molar-refractivity contribution is 0.399. The second-order valence-electron chi connectivity index (χ2n) is 4.70. The molecular weight excluding hydrogens is 216 g/mol. The molecule has 90 valence electrons. The summed E-state index contributed by atoms with van der Waals surface area (Å²) in [5.41, 5.74) is 2.65. The third-order valence-corrected chi connectivity index (χ3v) is 3.38. The van der Waals surface area contributed by atoms with Crippen molar-refractivity contribution in [2.24, 2.45) is 0 Å². The minimum Gasteiger partial charge on any atom is -0.408 e. The van der Waals surface area contributed by atoms with Crippen LogP contribution in [0.25, 0.3) is 11.1 Å². The molecule has 4 heteroatoms. The summed E-state index contributed by atoms with van der Waals surface area (Å²) in [7, 11) is 0. The maximum Gasteiger partial charge on any atom is 0.417 e. The molecule has 17 heavy (non-hydrogen) atoms. The molecule has 0 aliphatic carbocycles. The van der Waals surface area contributed by atoms with Gasteiger partial charge in [-0.2, -0.15) is 0 Å². The zero-order valence-corrected chi connectivity index (χ0v) is 9.66. The molecule has 2 heterocycles. The van der Waals surface area contributed by atoms with Crippen molar-refractivity contribution in [3.63, 3.8) is 0 Å². The number of aromatic amines is 1. The Hall–Kier alpha value is -1.55. The zero-order valence-electron chi connectivity index (χ0n) is 9.66. The number of nitrogens with one attached hydrogen (secondary N) is 2. The molecule has 1 aromatic heterocycles. The summed E-state index contributed by atoms with van der Waals surface area (Å²) in [6.07, 6.45) is 4.82. The topological polar surface area (TPSA) is 58.0 Å². The minimum absolute atomic E-state index is 0.382. The fraction of sp³-hybridized carbons (Fsp3) is 0.462. The van der Waals surface area contributed by atoms with Crippen molar-refractivity contribution in [3.05, 3.63) is 34.3 Å². The summed E-state index contributed by atoms with van der Waals surface area (Å²) in [6.45, 7) is 1.12. The van der Waals surface area contributed by atoms with Crippen molar-refractivity contribution in [2.45, 2.75) is 31.7 Å². The van der Waals surface area contributed by atoms with Crippen LogP contribution in [-0.2, 0) is 6.42 Å². The average molecular weight is 232 g/mol. The van der Waals surface area contributed by atoms with Crippen molar-refractivity contribution >= 4 is 11.1 Å². The maximum absolute atomic E-state index is 11.1. The molecule has 3 rings (SSSR count). The van der Waals surface area contributed by atoms with E-state index in [2.05, 4.69) is 16.4 Å². The third-order valence-electron chi connectivity index (χ3n) is 3.38. The fourth-order valence-electron chi connectivity index (χ4n) is 2.50. The standard InChI is InChI=1S/C13H16N2O2/c16-13-15-11-5-4-9(8-12(11)17-13)7-10-3-1-2-6-14-10/h4-5,8,10,14H,1-3,6-7H2,(H,15,16). The molecule has 0 amide bonds. The Bertz CT molecular complexity index is 564. The van der Waals surface area contributed by atoms with E-state index in [1.807, 2.05) is 12.1 Å². The van der Waals surface area contributed by atoms with Crippen molar-refractivity contribution in [3.8, 4) is 0 Å². The highest BCUT2D eigenvalue weighted by molar-refractivity contribution is 5.72. The van der Waals surface area contributed by atoms with Gasteiger partial charge in [0.25, 0.3) is 0 Å². The monoisotopic (exact) mass is 232 g/mol. The van der Waals surface area contributed by atoms with Crippen LogP contribution >= 0.6 is 0 Å². The highest BCUT2D eigenvalue weighted by Crippen LogP contribution is 2.16. The Morgan fingerprint density at radius 2 is 2.29 bits per heavy atom. The van der Waals surface area contributed by atoms with Gasteiger partial charge in [0, 0.05) is 6.04 Å². The molecule has 1 aromatic carbocycles. The summed E-state index contributed by atoms with van der Waals surface area (Å²) in [4.78, 5) is 13.7. The van der Waals surface area contributed by atoms with E-state index in [4.69, 9.17) is 4.42 Å². The van der Waals surface area contributed by atoms with Gasteiger partial charge in [-0.15, -0.1) is 0 Å². The molecule has 1 atom stereocenters. The second kappa shape index (κ2) is 4.37. The summed E-state index contributed by atoms with van der Waals surface area (Å²) in [5, 5.41) is 3.52. The summed E-state index contributed by atoms with van der Waals surface area (Å²) in [6, 6.07) is 6.50. The van der Waals surface area contributed by atoms with Gasteiger partial charge in [0.1, 0.15) is 0 Å². The van der Waals surface area contributed by atoms with Gasteiger partial charge in [0.15, 0.2) is 5.58 Å². The highest BCUT2D eigenvalue weighted by Gasteiger charge is 2.13. The number of hydrogen-bond acceptors (Lipinski definition) is 3. The normalized spacial score (nSPS) is 20.8. The van der Waals surface area contributed by atoms with Gasteiger partial charge in [0.05, 0.1) is 5.52 Å². The van der Waals surface area contributed by atoms with Gasteiger partial charge in [-0.1, -0.05) is 12.5 Å². The number of piperidine rings is 1. The Balaban J connectivity index is 1.82. The molecule has 0 saturated carbocycles. The SMILES string of the molecule is O=c1[nH]c2ccc(CC3CCCCN3)cc2o1. The van der Waals surface area contributed by atoms with Gasteiger partial charge in [-0.3, -0.25) is 4.98 Å². The van der Waals surface area contributed by atoms with Gasteiger partial charge in [-0.05, 0) is 43.5 Å². The van der Waals surface area contributed by atoms with E-state index in [1.165, 1.54) is 24.8 Å². The molecular formula is C13H16N2O2. The van der Waals surface area contributed by atoms with E-state index in [1.54, 1.807) is 0 Å². The zero-order chi connectivity index (χ0) is 11.7. The van der Waals surface area contributed by atoms with Crippen molar-refractivity contribution in [2.75, 3.05) is 6.54 Å². The Morgan fingerprint density at radius 1 is 1.35 bits per heavy atom. The van der Waals surface area contributed by atoms with Crippen LogP contribution in [0, 0.1) is 0 Å². The molecule has 0 radical (unpaired) electrons. The van der Waals surface area contributed by atoms with Crippen molar-refractivity contribution in [1.82, 2.24) is 10.3 Å². The molecule has 2 aromatic rings. The van der Waals surface area contributed by atoms with Crippen LogP contribution in [0.4, 0.5) is 0 Å². The van der Waals surface area contributed by atoms with Crippen LogP contribution < -0.4 is 11.1 Å². The van der Waals surface area contributed by atoms with Crippen LogP contribution in [-0.4, -0.2) is 17.6 Å². The van der Waals surface area contributed by atoms with Crippen molar-refractivity contribution in [1.29, 1.82) is 0 Å². The lowest BCUT2D eigenvalue weighted by Gasteiger charge is -2.23. The van der Waals surface area contributed by atoms with E-state index < -0.39 is 0 Å². The van der Waals surface area contributed by atoms with Crippen LogP contribution in [0.15, 0.2) is 27.4 Å². The first kappa shape index (κ1) is 10.6. The van der Waals surface area contributed by atoms with Gasteiger partial charge < -0.3 is 9.73 Å². The first-order chi connectivity index (χ1) is 8.31.